The Morgan fingerprint density at radius 2 is 1.23 bits per heavy atom. The zero-order chi connectivity index (χ0) is 18.2. The Morgan fingerprint density at radius 1 is 0.731 bits per heavy atom. The fourth-order valence-electron chi connectivity index (χ4n) is 2.28. The summed E-state index contributed by atoms with van der Waals surface area (Å²) < 4.78 is 29.6. The molecule has 0 radical (unpaired) electrons. The van der Waals surface area contributed by atoms with Crippen molar-refractivity contribution in [2.45, 2.75) is 6.42 Å². The average molecular weight is 370 g/mol. The summed E-state index contributed by atoms with van der Waals surface area (Å²) in [5, 5.41) is 9.82. The van der Waals surface area contributed by atoms with Crippen LogP contribution in [0, 0.1) is 0 Å². The highest BCUT2D eigenvalue weighted by atomic mass is 31.2. The molecule has 0 saturated carbocycles. The van der Waals surface area contributed by atoms with Crippen molar-refractivity contribution >= 4 is 7.82 Å². The van der Waals surface area contributed by atoms with Crippen molar-refractivity contribution in [2.24, 2.45) is 0 Å². The van der Waals surface area contributed by atoms with Crippen LogP contribution in [0.25, 0.3) is 0 Å². The van der Waals surface area contributed by atoms with Crippen LogP contribution in [0.15, 0.2) is 84.9 Å². The van der Waals surface area contributed by atoms with E-state index in [0.29, 0.717) is 23.5 Å². The summed E-state index contributed by atoms with van der Waals surface area (Å²) in [6, 6.07) is 24.3. The minimum Gasteiger partial charge on any atom is -0.508 e. The van der Waals surface area contributed by atoms with Crippen molar-refractivity contribution in [3.05, 3.63) is 90.5 Å². The first-order chi connectivity index (χ1) is 12.6. The van der Waals surface area contributed by atoms with Gasteiger partial charge in [-0.1, -0.05) is 54.6 Å². The van der Waals surface area contributed by atoms with Crippen molar-refractivity contribution in [1.29, 1.82) is 0 Å². The maximum Gasteiger partial charge on any atom is 0.587 e. The molecule has 0 aliphatic rings. The van der Waals surface area contributed by atoms with Gasteiger partial charge in [-0.2, -0.15) is 0 Å². The Morgan fingerprint density at radius 3 is 1.77 bits per heavy atom. The number of hydrogen-bond donors (Lipinski definition) is 1. The van der Waals surface area contributed by atoms with Crippen LogP contribution in [0.1, 0.15) is 5.56 Å². The van der Waals surface area contributed by atoms with E-state index in [1.165, 1.54) is 0 Å². The second-order valence-electron chi connectivity index (χ2n) is 5.47. The van der Waals surface area contributed by atoms with Gasteiger partial charge >= 0.3 is 7.82 Å². The monoisotopic (exact) mass is 370 g/mol. The molecule has 0 aliphatic heterocycles. The number of benzene rings is 3. The average Bonchev–Trinajstić information content (AvgIpc) is 2.65. The van der Waals surface area contributed by atoms with E-state index >= 15 is 0 Å². The third kappa shape index (κ3) is 5.12. The minimum absolute atomic E-state index is 0.0640. The number of hydrogen-bond acceptors (Lipinski definition) is 5. The maximum absolute atomic E-state index is 13.1. The first-order valence-corrected chi connectivity index (χ1v) is 9.61. The van der Waals surface area contributed by atoms with Crippen LogP contribution in [0.3, 0.4) is 0 Å². The number of para-hydroxylation sites is 3. The number of phenolic OH excluding ortho intramolecular Hbond substituents is 1. The van der Waals surface area contributed by atoms with Crippen LogP contribution < -0.4 is 9.05 Å². The van der Waals surface area contributed by atoms with Crippen LogP contribution >= 0.6 is 7.82 Å². The van der Waals surface area contributed by atoms with E-state index in [1.807, 2.05) is 18.2 Å². The van der Waals surface area contributed by atoms with Gasteiger partial charge in [0.1, 0.15) is 17.2 Å². The molecular formula is C20H19O5P. The molecule has 0 saturated heterocycles. The molecule has 134 valence electrons. The zero-order valence-corrected chi connectivity index (χ0v) is 14.9. The topological polar surface area (TPSA) is 65.0 Å². The highest BCUT2D eigenvalue weighted by Gasteiger charge is 2.30. The molecule has 26 heavy (non-hydrogen) atoms. The summed E-state index contributed by atoms with van der Waals surface area (Å²) >= 11 is 0. The lowest BCUT2D eigenvalue weighted by molar-refractivity contribution is 0.211. The van der Waals surface area contributed by atoms with Gasteiger partial charge in [-0.25, -0.2) is 4.57 Å². The van der Waals surface area contributed by atoms with Gasteiger partial charge in [0.25, 0.3) is 0 Å². The molecule has 0 atom stereocenters. The molecule has 0 amide bonds. The lowest BCUT2D eigenvalue weighted by Gasteiger charge is -2.19. The van der Waals surface area contributed by atoms with E-state index in [9.17, 15) is 9.67 Å². The number of aromatic hydroxyl groups is 1. The largest absolute Gasteiger partial charge is 0.587 e. The molecule has 3 rings (SSSR count). The van der Waals surface area contributed by atoms with Crippen molar-refractivity contribution in [2.75, 3.05) is 6.61 Å². The first kappa shape index (κ1) is 18.1. The molecule has 5 nitrogen and oxygen atoms in total. The lowest BCUT2D eigenvalue weighted by atomic mass is 10.1. The van der Waals surface area contributed by atoms with Crippen LogP contribution in [-0.4, -0.2) is 11.7 Å². The predicted octanol–water partition coefficient (Wildman–Crippen LogP) is 5.22. The third-order valence-electron chi connectivity index (χ3n) is 3.53. The molecule has 0 aliphatic carbocycles. The molecule has 0 spiro atoms. The summed E-state index contributed by atoms with van der Waals surface area (Å²) in [5.74, 6) is 0.933. The fraction of sp³-hybridized carbons (Fsp3) is 0.100. The summed E-state index contributed by atoms with van der Waals surface area (Å²) in [7, 11) is -3.90. The van der Waals surface area contributed by atoms with Crippen LogP contribution in [0.4, 0.5) is 0 Å². The van der Waals surface area contributed by atoms with E-state index in [4.69, 9.17) is 13.6 Å². The van der Waals surface area contributed by atoms with Gasteiger partial charge in [-0.05, 0) is 35.9 Å². The smallest absolute Gasteiger partial charge is 0.508 e. The van der Waals surface area contributed by atoms with Gasteiger partial charge in [0.15, 0.2) is 0 Å². The first-order valence-electron chi connectivity index (χ1n) is 8.15. The van der Waals surface area contributed by atoms with E-state index in [-0.39, 0.29) is 12.4 Å². The Balaban J connectivity index is 1.72. The van der Waals surface area contributed by atoms with Crippen molar-refractivity contribution < 1.29 is 23.2 Å². The number of phosphoric acid groups is 1. The second kappa shape index (κ2) is 8.56. The molecule has 0 unspecified atom stereocenters. The molecule has 6 heteroatoms. The second-order valence-corrected chi connectivity index (χ2v) is 6.99. The minimum atomic E-state index is -3.90. The predicted molar refractivity (Wildman–Crippen MR) is 99.5 cm³/mol. The number of rotatable bonds is 8. The van der Waals surface area contributed by atoms with E-state index in [2.05, 4.69) is 0 Å². The van der Waals surface area contributed by atoms with Gasteiger partial charge in [0, 0.05) is 6.42 Å². The summed E-state index contributed by atoms with van der Waals surface area (Å²) in [6.07, 6.45) is 0.368. The quantitative estimate of drug-likeness (QED) is 0.551. The lowest BCUT2D eigenvalue weighted by Crippen LogP contribution is -2.07. The Bertz CT molecular complexity index is 822. The van der Waals surface area contributed by atoms with Crippen LogP contribution in [-0.2, 0) is 15.5 Å². The van der Waals surface area contributed by atoms with Crippen molar-refractivity contribution in [3.8, 4) is 17.2 Å². The van der Waals surface area contributed by atoms with Gasteiger partial charge in [-0.15, -0.1) is 0 Å². The molecule has 1 N–H and O–H groups in total. The van der Waals surface area contributed by atoms with Gasteiger partial charge in [0.2, 0.25) is 0 Å². The molecule has 0 fully saturated rings. The molecule has 3 aromatic rings. The number of phosphoric ester groups is 1. The third-order valence-corrected chi connectivity index (χ3v) is 4.90. The normalized spacial score (nSPS) is 11.1. The SMILES string of the molecule is O=P(OCCc1ccccc1O)(Oc1ccccc1)Oc1ccccc1. The van der Waals surface area contributed by atoms with Gasteiger partial charge < -0.3 is 14.2 Å². The van der Waals surface area contributed by atoms with E-state index in [1.54, 1.807) is 66.7 Å². The molecular weight excluding hydrogens is 351 g/mol. The van der Waals surface area contributed by atoms with Crippen LogP contribution in [0.2, 0.25) is 0 Å². The summed E-state index contributed by atoms with van der Waals surface area (Å²) in [4.78, 5) is 0. The van der Waals surface area contributed by atoms with Crippen molar-refractivity contribution in [1.82, 2.24) is 0 Å². The maximum atomic E-state index is 13.1. The highest BCUT2D eigenvalue weighted by Crippen LogP contribution is 2.49. The number of phenols is 1. The van der Waals surface area contributed by atoms with Gasteiger partial charge in [-0.3, -0.25) is 4.52 Å². The Labute approximate surface area is 152 Å². The van der Waals surface area contributed by atoms with Gasteiger partial charge in [0.05, 0.1) is 6.61 Å². The van der Waals surface area contributed by atoms with E-state index in [0.717, 1.165) is 0 Å². The van der Waals surface area contributed by atoms with Crippen molar-refractivity contribution in [3.63, 3.8) is 0 Å². The standard InChI is InChI=1S/C20H19O5P/c21-20-14-8-7-9-17(20)15-16-23-26(22,24-18-10-3-1-4-11-18)25-19-12-5-2-6-13-19/h1-14,21H,15-16H2. The van der Waals surface area contributed by atoms with E-state index < -0.39 is 7.82 Å². The fourth-order valence-corrected chi connectivity index (χ4v) is 3.50. The Hall–Kier alpha value is -2.75. The van der Waals surface area contributed by atoms with Crippen LogP contribution in [0.5, 0.6) is 17.2 Å². The molecule has 0 bridgehead atoms. The molecule has 3 aromatic carbocycles. The summed E-state index contributed by atoms with van der Waals surface area (Å²) in [6.45, 7) is 0.0640. The molecule has 0 aromatic heterocycles. The molecule has 0 heterocycles. The summed E-state index contributed by atoms with van der Waals surface area (Å²) in [5.41, 5.74) is 0.693. The zero-order valence-electron chi connectivity index (χ0n) is 14.0. The Kier molecular flexibility index (Phi) is 5.95. The highest BCUT2D eigenvalue weighted by molar-refractivity contribution is 7.49.